The van der Waals surface area contributed by atoms with Gasteiger partial charge in [-0.2, -0.15) is 0 Å². The molecule has 0 radical (unpaired) electrons. The molecule has 0 aliphatic heterocycles. The second-order valence-corrected chi connectivity index (χ2v) is 5.09. The molecule has 1 saturated carbocycles. The van der Waals surface area contributed by atoms with E-state index in [0.29, 0.717) is 11.7 Å². The highest BCUT2D eigenvalue weighted by atomic mass is 19.1. The fourth-order valence-electron chi connectivity index (χ4n) is 2.60. The molecule has 0 spiro atoms. The number of halogens is 1. The third kappa shape index (κ3) is 3.21. The van der Waals surface area contributed by atoms with Gasteiger partial charge in [0.05, 0.1) is 6.10 Å². The fraction of sp³-hybridized carbons (Fsp3) is 0.600. The Morgan fingerprint density at radius 1 is 1.35 bits per heavy atom. The first kappa shape index (κ1) is 12.4. The van der Waals surface area contributed by atoms with Crippen LogP contribution >= 0.6 is 0 Å². The minimum atomic E-state index is -0.160. The minimum absolute atomic E-state index is 0.160. The number of ether oxygens (including phenoxy) is 1. The van der Waals surface area contributed by atoms with Gasteiger partial charge in [-0.3, -0.25) is 0 Å². The van der Waals surface area contributed by atoms with Crippen LogP contribution in [0.15, 0.2) is 18.2 Å². The molecule has 0 saturated heterocycles. The highest BCUT2D eigenvalue weighted by molar-refractivity contribution is 5.29. The van der Waals surface area contributed by atoms with Gasteiger partial charge in [0.15, 0.2) is 0 Å². The van der Waals surface area contributed by atoms with Crippen LogP contribution in [0.5, 0.6) is 5.75 Å². The summed E-state index contributed by atoms with van der Waals surface area (Å²) in [4.78, 5) is 0. The van der Waals surface area contributed by atoms with Gasteiger partial charge in [0.25, 0.3) is 0 Å². The van der Waals surface area contributed by atoms with E-state index in [2.05, 4.69) is 6.92 Å². The van der Waals surface area contributed by atoms with E-state index in [4.69, 9.17) is 4.74 Å². The van der Waals surface area contributed by atoms with Gasteiger partial charge in [-0.25, -0.2) is 4.39 Å². The monoisotopic (exact) mass is 236 g/mol. The predicted octanol–water partition coefficient (Wildman–Crippen LogP) is 4.48. The molecule has 0 amide bonds. The molecule has 1 fully saturated rings. The Morgan fingerprint density at radius 3 is 2.88 bits per heavy atom. The number of benzene rings is 1. The lowest BCUT2D eigenvalue weighted by molar-refractivity contribution is 0.122. The standard InChI is InChI=1S/C15H21FO/c1-3-12-5-4-6-13(10-12)17-14-7-8-15(16)11(2)9-14/h7-9,12-13H,3-6,10H2,1-2H3. The third-order valence-electron chi connectivity index (χ3n) is 3.74. The van der Waals surface area contributed by atoms with Crippen molar-refractivity contribution in [3.05, 3.63) is 29.6 Å². The van der Waals surface area contributed by atoms with E-state index in [9.17, 15) is 4.39 Å². The molecule has 1 nitrogen and oxygen atoms in total. The Balaban J connectivity index is 1.97. The molecule has 2 rings (SSSR count). The number of rotatable bonds is 3. The molecule has 1 aromatic carbocycles. The molecule has 17 heavy (non-hydrogen) atoms. The summed E-state index contributed by atoms with van der Waals surface area (Å²) in [5.41, 5.74) is 0.658. The second-order valence-electron chi connectivity index (χ2n) is 5.09. The average molecular weight is 236 g/mol. The van der Waals surface area contributed by atoms with Gasteiger partial charge in [-0.1, -0.05) is 19.8 Å². The van der Waals surface area contributed by atoms with Gasteiger partial charge in [0.2, 0.25) is 0 Å². The normalized spacial score (nSPS) is 24.6. The quantitative estimate of drug-likeness (QED) is 0.751. The van der Waals surface area contributed by atoms with E-state index in [0.717, 1.165) is 24.5 Å². The van der Waals surface area contributed by atoms with Crippen LogP contribution in [-0.2, 0) is 0 Å². The number of hydrogen-bond acceptors (Lipinski definition) is 1. The summed E-state index contributed by atoms with van der Waals surface area (Å²) in [7, 11) is 0. The molecule has 0 N–H and O–H groups in total. The van der Waals surface area contributed by atoms with E-state index in [-0.39, 0.29) is 5.82 Å². The molecule has 1 aromatic rings. The number of hydrogen-bond donors (Lipinski definition) is 0. The fourth-order valence-corrected chi connectivity index (χ4v) is 2.60. The van der Waals surface area contributed by atoms with Crippen LogP contribution < -0.4 is 4.74 Å². The van der Waals surface area contributed by atoms with Gasteiger partial charge in [0, 0.05) is 0 Å². The van der Waals surface area contributed by atoms with Crippen LogP contribution in [0.4, 0.5) is 4.39 Å². The molecule has 2 unspecified atom stereocenters. The first-order valence-corrected chi connectivity index (χ1v) is 6.62. The van der Waals surface area contributed by atoms with Crippen molar-refractivity contribution in [2.24, 2.45) is 5.92 Å². The Bertz CT molecular complexity index is 375. The summed E-state index contributed by atoms with van der Waals surface area (Å²) in [6.07, 6.45) is 6.42. The molecular weight excluding hydrogens is 215 g/mol. The lowest BCUT2D eigenvalue weighted by atomic mass is 9.85. The maximum atomic E-state index is 13.1. The molecule has 0 aromatic heterocycles. The zero-order chi connectivity index (χ0) is 12.3. The first-order valence-electron chi connectivity index (χ1n) is 6.62. The SMILES string of the molecule is CCC1CCCC(Oc2ccc(F)c(C)c2)C1. The van der Waals surface area contributed by atoms with Crippen molar-refractivity contribution in [2.75, 3.05) is 0 Å². The van der Waals surface area contributed by atoms with E-state index in [1.54, 1.807) is 19.1 Å². The smallest absolute Gasteiger partial charge is 0.126 e. The van der Waals surface area contributed by atoms with Crippen molar-refractivity contribution >= 4 is 0 Å². The molecule has 0 heterocycles. The van der Waals surface area contributed by atoms with Crippen LogP contribution in [0.25, 0.3) is 0 Å². The van der Waals surface area contributed by atoms with Crippen LogP contribution in [0.2, 0.25) is 0 Å². The Morgan fingerprint density at radius 2 is 2.18 bits per heavy atom. The molecular formula is C15H21FO. The van der Waals surface area contributed by atoms with Crippen molar-refractivity contribution < 1.29 is 9.13 Å². The van der Waals surface area contributed by atoms with Crippen molar-refractivity contribution in [1.82, 2.24) is 0 Å². The van der Waals surface area contributed by atoms with Crippen molar-refractivity contribution in [3.63, 3.8) is 0 Å². The van der Waals surface area contributed by atoms with Crippen LogP contribution in [-0.4, -0.2) is 6.10 Å². The highest BCUT2D eigenvalue weighted by Gasteiger charge is 2.22. The predicted molar refractivity (Wildman–Crippen MR) is 67.8 cm³/mol. The Hall–Kier alpha value is -1.05. The summed E-state index contributed by atoms with van der Waals surface area (Å²) in [5.74, 6) is 1.45. The molecule has 94 valence electrons. The summed E-state index contributed by atoms with van der Waals surface area (Å²) >= 11 is 0. The Labute approximate surface area is 103 Å². The van der Waals surface area contributed by atoms with Crippen LogP contribution in [0, 0.1) is 18.7 Å². The maximum absolute atomic E-state index is 13.1. The average Bonchev–Trinajstić information content (AvgIpc) is 2.34. The summed E-state index contributed by atoms with van der Waals surface area (Å²) in [6, 6.07) is 5.02. The van der Waals surface area contributed by atoms with Crippen molar-refractivity contribution in [3.8, 4) is 5.75 Å². The molecule has 2 atom stereocenters. The van der Waals surface area contributed by atoms with E-state index in [1.165, 1.54) is 25.3 Å². The molecule has 1 aliphatic carbocycles. The molecule has 1 aliphatic rings. The van der Waals surface area contributed by atoms with E-state index in [1.807, 2.05) is 0 Å². The number of aryl methyl sites for hydroxylation is 1. The summed E-state index contributed by atoms with van der Waals surface area (Å²) in [6.45, 7) is 4.02. The Kier molecular flexibility index (Phi) is 4.03. The maximum Gasteiger partial charge on any atom is 0.126 e. The van der Waals surface area contributed by atoms with E-state index < -0.39 is 0 Å². The zero-order valence-electron chi connectivity index (χ0n) is 10.7. The van der Waals surface area contributed by atoms with Gasteiger partial charge < -0.3 is 4.74 Å². The third-order valence-corrected chi connectivity index (χ3v) is 3.74. The lowest BCUT2D eigenvalue weighted by Crippen LogP contribution is -2.25. The second kappa shape index (κ2) is 5.52. The largest absolute Gasteiger partial charge is 0.490 e. The topological polar surface area (TPSA) is 9.23 Å². The lowest BCUT2D eigenvalue weighted by Gasteiger charge is -2.29. The molecule has 0 bridgehead atoms. The van der Waals surface area contributed by atoms with Gasteiger partial charge >= 0.3 is 0 Å². The minimum Gasteiger partial charge on any atom is -0.490 e. The van der Waals surface area contributed by atoms with Crippen LogP contribution in [0.3, 0.4) is 0 Å². The highest BCUT2D eigenvalue weighted by Crippen LogP contribution is 2.30. The van der Waals surface area contributed by atoms with Gasteiger partial charge in [0.1, 0.15) is 11.6 Å². The van der Waals surface area contributed by atoms with Gasteiger partial charge in [-0.05, 0) is 55.9 Å². The molecule has 2 heteroatoms. The first-order chi connectivity index (χ1) is 8.19. The van der Waals surface area contributed by atoms with Crippen molar-refractivity contribution in [2.45, 2.75) is 52.1 Å². The van der Waals surface area contributed by atoms with Gasteiger partial charge in [-0.15, -0.1) is 0 Å². The van der Waals surface area contributed by atoms with Crippen molar-refractivity contribution in [1.29, 1.82) is 0 Å². The summed E-state index contributed by atoms with van der Waals surface area (Å²) < 4.78 is 19.1. The van der Waals surface area contributed by atoms with Crippen LogP contribution in [0.1, 0.15) is 44.6 Å². The van der Waals surface area contributed by atoms with E-state index >= 15 is 0 Å². The summed E-state index contributed by atoms with van der Waals surface area (Å²) in [5, 5.41) is 0. The zero-order valence-corrected chi connectivity index (χ0v) is 10.7.